The number of anilines is 1. The molecule has 2 amide bonds. The second-order valence-corrected chi connectivity index (χ2v) is 7.57. The lowest BCUT2D eigenvalue weighted by Gasteiger charge is -2.16. The second-order valence-electron chi connectivity index (χ2n) is 7.57. The molecule has 158 valence electrons. The highest BCUT2D eigenvalue weighted by molar-refractivity contribution is 5.95. The molecule has 4 heterocycles. The van der Waals surface area contributed by atoms with Crippen molar-refractivity contribution in [3.63, 3.8) is 0 Å². The van der Waals surface area contributed by atoms with Gasteiger partial charge in [-0.1, -0.05) is 12.1 Å². The van der Waals surface area contributed by atoms with E-state index < -0.39 is 0 Å². The second kappa shape index (κ2) is 7.75. The quantitative estimate of drug-likeness (QED) is 0.516. The molecule has 0 atom stereocenters. The Bertz CT molecular complexity index is 1330. The van der Waals surface area contributed by atoms with Gasteiger partial charge in [-0.2, -0.15) is 5.10 Å². The van der Waals surface area contributed by atoms with Crippen molar-refractivity contribution in [2.45, 2.75) is 32.4 Å². The topological polar surface area (TPSA) is 102 Å². The van der Waals surface area contributed by atoms with Crippen LogP contribution in [0.3, 0.4) is 0 Å². The zero-order valence-corrected chi connectivity index (χ0v) is 16.8. The predicted molar refractivity (Wildman–Crippen MR) is 114 cm³/mol. The molecular weight excluding hydrogens is 398 g/mol. The molecule has 0 spiro atoms. The number of nitrogens with one attached hydrogen (secondary N) is 1. The lowest BCUT2D eigenvalue weighted by molar-refractivity contribution is -0.121. The summed E-state index contributed by atoms with van der Waals surface area (Å²) in [5.41, 5.74) is 3.42. The van der Waals surface area contributed by atoms with Crippen LogP contribution in [0.1, 0.15) is 24.8 Å². The molecular formula is C22H21N5O4. The summed E-state index contributed by atoms with van der Waals surface area (Å²) in [6.07, 6.45) is 4.74. The Morgan fingerprint density at radius 3 is 2.74 bits per heavy atom. The SMILES string of the molecule is O=C(CCn1ncn2c(cc3occc32)c1=O)NCc1ccc(N2CCCC2=O)cc1. The smallest absolute Gasteiger partial charge is 0.291 e. The Morgan fingerprint density at radius 1 is 1.13 bits per heavy atom. The van der Waals surface area contributed by atoms with E-state index in [1.54, 1.807) is 34.0 Å². The van der Waals surface area contributed by atoms with Crippen LogP contribution in [0.5, 0.6) is 0 Å². The van der Waals surface area contributed by atoms with Gasteiger partial charge in [0.25, 0.3) is 5.56 Å². The van der Waals surface area contributed by atoms with Gasteiger partial charge in [-0.05, 0) is 24.1 Å². The van der Waals surface area contributed by atoms with Gasteiger partial charge >= 0.3 is 0 Å². The first-order valence-electron chi connectivity index (χ1n) is 10.2. The van der Waals surface area contributed by atoms with Gasteiger partial charge in [0.1, 0.15) is 11.8 Å². The number of furan rings is 1. The monoisotopic (exact) mass is 419 g/mol. The molecule has 9 nitrogen and oxygen atoms in total. The molecule has 1 aliphatic heterocycles. The first-order chi connectivity index (χ1) is 15.1. The van der Waals surface area contributed by atoms with Crippen LogP contribution < -0.4 is 15.8 Å². The molecule has 1 saturated heterocycles. The zero-order chi connectivity index (χ0) is 21.4. The van der Waals surface area contributed by atoms with Gasteiger partial charge in [-0.15, -0.1) is 0 Å². The molecule has 1 N–H and O–H groups in total. The lowest BCUT2D eigenvalue weighted by Crippen LogP contribution is -2.29. The molecule has 0 saturated carbocycles. The number of carbonyl (C=O) groups excluding carboxylic acids is 2. The van der Waals surface area contributed by atoms with Crippen LogP contribution >= 0.6 is 0 Å². The zero-order valence-electron chi connectivity index (χ0n) is 16.8. The fourth-order valence-corrected chi connectivity index (χ4v) is 3.90. The number of rotatable bonds is 6. The highest BCUT2D eigenvalue weighted by Gasteiger charge is 2.21. The van der Waals surface area contributed by atoms with Gasteiger partial charge in [0.2, 0.25) is 11.8 Å². The Morgan fingerprint density at radius 2 is 1.97 bits per heavy atom. The van der Waals surface area contributed by atoms with Gasteiger partial charge in [-0.25, -0.2) is 4.68 Å². The number of nitrogens with zero attached hydrogens (tertiary/aromatic N) is 4. The standard InChI is InChI=1S/C22H21N5O4/c28-20(23-13-15-3-5-16(6-4-15)25-9-1-2-21(25)29)7-10-27-22(30)18-12-19-17(8-11-31-19)26(18)14-24-27/h3-6,8,11-12,14H,1-2,7,9-10,13H2,(H,23,28). The molecule has 0 unspecified atom stereocenters. The highest BCUT2D eigenvalue weighted by atomic mass is 16.3. The Hall–Kier alpha value is -3.88. The van der Waals surface area contributed by atoms with E-state index in [4.69, 9.17) is 4.42 Å². The summed E-state index contributed by atoms with van der Waals surface area (Å²) >= 11 is 0. The number of aromatic nitrogens is 3. The van der Waals surface area contributed by atoms with Crippen LogP contribution in [0.15, 0.2) is 58.2 Å². The summed E-state index contributed by atoms with van der Waals surface area (Å²) in [6.45, 7) is 1.32. The van der Waals surface area contributed by atoms with E-state index >= 15 is 0 Å². The summed E-state index contributed by atoms with van der Waals surface area (Å²) in [5, 5.41) is 7.02. The van der Waals surface area contributed by atoms with Crippen molar-refractivity contribution >= 4 is 34.1 Å². The first kappa shape index (κ1) is 19.1. The normalized spacial score (nSPS) is 14.1. The van der Waals surface area contributed by atoms with Crippen molar-refractivity contribution in [2.24, 2.45) is 0 Å². The Labute approximate surface area is 176 Å². The van der Waals surface area contributed by atoms with Crippen molar-refractivity contribution in [3.8, 4) is 0 Å². The molecule has 1 aromatic carbocycles. The third kappa shape index (κ3) is 3.58. The van der Waals surface area contributed by atoms with E-state index in [1.165, 1.54) is 4.68 Å². The minimum atomic E-state index is -0.270. The van der Waals surface area contributed by atoms with E-state index in [9.17, 15) is 14.4 Å². The summed E-state index contributed by atoms with van der Waals surface area (Å²) in [6, 6.07) is 11.1. The Kier molecular flexibility index (Phi) is 4.78. The van der Waals surface area contributed by atoms with Crippen molar-refractivity contribution in [2.75, 3.05) is 11.4 Å². The average Bonchev–Trinajstić information content (AvgIpc) is 3.49. The number of carbonyl (C=O) groups is 2. The van der Waals surface area contributed by atoms with Crippen molar-refractivity contribution in [1.82, 2.24) is 19.5 Å². The number of aryl methyl sites for hydroxylation is 1. The molecule has 4 aromatic rings. The number of fused-ring (bicyclic) bond motifs is 3. The molecule has 0 bridgehead atoms. The fourth-order valence-electron chi connectivity index (χ4n) is 3.90. The number of hydrogen-bond acceptors (Lipinski definition) is 5. The van der Waals surface area contributed by atoms with Gasteiger partial charge in [0.15, 0.2) is 5.58 Å². The molecule has 5 rings (SSSR count). The van der Waals surface area contributed by atoms with Gasteiger partial charge in [0.05, 0.1) is 18.3 Å². The maximum absolute atomic E-state index is 12.6. The highest BCUT2D eigenvalue weighted by Crippen LogP contribution is 2.21. The molecule has 0 aliphatic carbocycles. The van der Waals surface area contributed by atoms with Gasteiger partial charge in [0, 0.05) is 43.8 Å². The average molecular weight is 419 g/mol. The first-order valence-corrected chi connectivity index (χ1v) is 10.2. The maximum Gasteiger partial charge on any atom is 0.291 e. The number of amides is 2. The lowest BCUT2D eigenvalue weighted by atomic mass is 10.2. The summed E-state index contributed by atoms with van der Waals surface area (Å²) < 4.78 is 8.30. The summed E-state index contributed by atoms with van der Waals surface area (Å²) in [5.74, 6) is -0.0200. The largest absolute Gasteiger partial charge is 0.463 e. The van der Waals surface area contributed by atoms with E-state index in [1.807, 2.05) is 24.3 Å². The third-order valence-corrected chi connectivity index (χ3v) is 5.58. The molecule has 3 aromatic heterocycles. The van der Waals surface area contributed by atoms with Gasteiger partial charge in [-0.3, -0.25) is 18.8 Å². The summed E-state index contributed by atoms with van der Waals surface area (Å²) in [4.78, 5) is 38.5. The van der Waals surface area contributed by atoms with E-state index in [0.29, 0.717) is 24.1 Å². The van der Waals surface area contributed by atoms with Crippen molar-refractivity contribution in [1.29, 1.82) is 0 Å². The molecule has 1 aliphatic rings. The van der Waals surface area contributed by atoms with Crippen LogP contribution in [0.25, 0.3) is 16.6 Å². The summed E-state index contributed by atoms with van der Waals surface area (Å²) in [7, 11) is 0. The third-order valence-electron chi connectivity index (χ3n) is 5.58. The molecule has 31 heavy (non-hydrogen) atoms. The molecule has 1 fully saturated rings. The van der Waals surface area contributed by atoms with Gasteiger partial charge < -0.3 is 14.6 Å². The van der Waals surface area contributed by atoms with Crippen molar-refractivity contribution in [3.05, 3.63) is 64.9 Å². The van der Waals surface area contributed by atoms with E-state index in [0.717, 1.165) is 29.7 Å². The minimum Gasteiger partial charge on any atom is -0.463 e. The molecule has 9 heteroatoms. The van der Waals surface area contributed by atoms with Crippen LogP contribution in [-0.2, 0) is 22.7 Å². The Balaban J connectivity index is 1.18. The van der Waals surface area contributed by atoms with Crippen LogP contribution in [0.4, 0.5) is 5.69 Å². The van der Waals surface area contributed by atoms with Crippen LogP contribution in [-0.4, -0.2) is 32.5 Å². The number of benzene rings is 1. The van der Waals surface area contributed by atoms with E-state index in [2.05, 4.69) is 10.4 Å². The van der Waals surface area contributed by atoms with E-state index in [-0.39, 0.29) is 30.3 Å². The van der Waals surface area contributed by atoms with Crippen molar-refractivity contribution < 1.29 is 14.0 Å². The molecule has 0 radical (unpaired) electrons. The van der Waals surface area contributed by atoms with Crippen LogP contribution in [0, 0.1) is 0 Å². The number of hydrogen-bond donors (Lipinski definition) is 1. The van der Waals surface area contributed by atoms with Crippen LogP contribution in [0.2, 0.25) is 0 Å². The minimum absolute atomic E-state index is 0.139. The maximum atomic E-state index is 12.6. The fraction of sp³-hybridized carbons (Fsp3) is 0.273. The predicted octanol–water partition coefficient (Wildman–Crippen LogP) is 2.08.